The van der Waals surface area contributed by atoms with Gasteiger partial charge in [-0.2, -0.15) is 19.9 Å². The lowest BCUT2D eigenvalue weighted by molar-refractivity contribution is -0.131. The van der Waals surface area contributed by atoms with Crippen molar-refractivity contribution >= 4 is 88.7 Å². The molecule has 6 saturated heterocycles. The van der Waals surface area contributed by atoms with Crippen molar-refractivity contribution in [2.75, 3.05) is 141 Å². The Hall–Kier alpha value is -6.85. The van der Waals surface area contributed by atoms with Crippen LogP contribution in [0.1, 0.15) is 69.0 Å². The first-order valence-corrected chi connectivity index (χ1v) is 35.7. The predicted molar refractivity (Wildman–Crippen MR) is 368 cm³/mol. The van der Waals surface area contributed by atoms with Crippen LogP contribution in [0.15, 0.2) is 96.6 Å². The number of carbonyl (C=O) groups excluding carboxylic acids is 1. The van der Waals surface area contributed by atoms with Crippen molar-refractivity contribution in [1.29, 1.82) is 0 Å². The fourth-order valence-electron chi connectivity index (χ4n) is 16.4. The van der Waals surface area contributed by atoms with Gasteiger partial charge in [-0.25, -0.2) is 17.2 Å². The molecule has 6 fully saturated rings. The molecule has 7 aliphatic heterocycles. The van der Waals surface area contributed by atoms with Gasteiger partial charge in [-0.05, 0) is 140 Å². The Bertz CT molecular complexity index is 4200. The topological polar surface area (TPSA) is 160 Å². The molecule has 10 heterocycles. The monoisotopic (exact) mass is 1340 g/mol. The van der Waals surface area contributed by atoms with Crippen molar-refractivity contribution in [3.05, 3.63) is 130 Å². The molecule has 0 N–H and O–H groups in total. The van der Waals surface area contributed by atoms with Crippen molar-refractivity contribution in [2.24, 2.45) is 11.8 Å². The molecule has 7 aromatic rings. The van der Waals surface area contributed by atoms with E-state index in [9.17, 15) is 17.6 Å². The number of amides is 1. The molecule has 94 heavy (non-hydrogen) atoms. The number of nitrogens with zero attached hydrogens (tertiary/aromatic N) is 13. The van der Waals surface area contributed by atoms with Crippen LogP contribution in [0, 0.1) is 23.5 Å². The predicted octanol–water partition coefficient (Wildman–Crippen LogP) is 10.7. The van der Waals surface area contributed by atoms with Crippen molar-refractivity contribution in [2.45, 2.75) is 87.1 Å². The zero-order valence-electron chi connectivity index (χ0n) is 54.1. The van der Waals surface area contributed by atoms with Crippen LogP contribution in [0.4, 0.5) is 26.1 Å². The third-order valence-electron chi connectivity index (χ3n) is 21.0. The second-order valence-corrected chi connectivity index (χ2v) is 30.6. The van der Waals surface area contributed by atoms with Gasteiger partial charge in [0.2, 0.25) is 5.91 Å². The van der Waals surface area contributed by atoms with Gasteiger partial charge in [0.05, 0.1) is 44.0 Å². The number of pyridine rings is 1. The van der Waals surface area contributed by atoms with Gasteiger partial charge in [-0.1, -0.05) is 83.9 Å². The molecule has 496 valence electrons. The zero-order valence-corrected chi connectivity index (χ0v) is 56.5. The van der Waals surface area contributed by atoms with Gasteiger partial charge in [-0.15, -0.1) is 0 Å². The van der Waals surface area contributed by atoms with Crippen molar-refractivity contribution in [1.82, 2.24) is 49.4 Å². The molecule has 0 bridgehead atoms. The summed E-state index contributed by atoms with van der Waals surface area (Å²) in [5.74, 6) is 0.255. The highest BCUT2D eigenvalue weighted by atomic mass is 35.5. The van der Waals surface area contributed by atoms with Crippen LogP contribution >= 0.6 is 23.2 Å². The van der Waals surface area contributed by atoms with Crippen LogP contribution < -0.4 is 24.2 Å². The van der Waals surface area contributed by atoms with E-state index in [4.69, 9.17) is 52.6 Å². The Morgan fingerprint density at radius 2 is 1.46 bits per heavy atom. The number of rotatable bonds is 21. The fraction of sp³-hybridized carbons (Fsp3) is 0.493. The van der Waals surface area contributed by atoms with Crippen LogP contribution in [-0.2, 0) is 27.6 Å². The molecule has 1 amide bonds. The summed E-state index contributed by atoms with van der Waals surface area (Å²) < 4.78 is 74.6. The molecule has 3 atom stereocenters. The smallest absolute Gasteiger partial charge is 0.319 e. The van der Waals surface area contributed by atoms with Crippen molar-refractivity contribution in [3.8, 4) is 23.3 Å². The van der Waals surface area contributed by atoms with Crippen LogP contribution in [0.5, 0.6) is 12.0 Å². The minimum Gasteiger partial charge on any atom is -0.461 e. The number of halogens is 4. The van der Waals surface area contributed by atoms with E-state index in [2.05, 4.69) is 53.7 Å². The number of likely N-dealkylation sites (tertiary alicyclic amines) is 1. The Balaban J connectivity index is 0.649. The summed E-state index contributed by atoms with van der Waals surface area (Å²) in [6.07, 6.45) is 16.0. The molecule has 0 saturated carbocycles. The highest BCUT2D eigenvalue weighted by molar-refractivity contribution is 7.94. The van der Waals surface area contributed by atoms with E-state index in [1.54, 1.807) is 42.6 Å². The van der Waals surface area contributed by atoms with Crippen molar-refractivity contribution < 1.29 is 31.5 Å². The second kappa shape index (κ2) is 26.6. The number of likely N-dealkylation sites (N-methyl/N-ethyl adjacent to an activating group) is 2. The highest BCUT2D eigenvalue weighted by Crippen LogP contribution is 2.45. The van der Waals surface area contributed by atoms with Gasteiger partial charge in [0.1, 0.15) is 41.9 Å². The summed E-state index contributed by atoms with van der Waals surface area (Å²) in [6.45, 7) is 10.6. The van der Waals surface area contributed by atoms with Gasteiger partial charge in [-0.3, -0.25) is 19.6 Å². The Kier molecular flexibility index (Phi) is 18.3. The molecule has 7 aliphatic rings. The van der Waals surface area contributed by atoms with Gasteiger partial charge in [0, 0.05) is 124 Å². The lowest BCUT2D eigenvalue weighted by Crippen LogP contribution is -2.53. The summed E-state index contributed by atoms with van der Waals surface area (Å²) in [6, 6.07) is 20.8. The molecule has 23 heteroatoms. The summed E-state index contributed by atoms with van der Waals surface area (Å²) in [5.41, 5.74) is 3.01. The van der Waals surface area contributed by atoms with E-state index < -0.39 is 26.7 Å². The number of fused-ring (bicyclic) bond motifs is 6. The van der Waals surface area contributed by atoms with E-state index in [1.165, 1.54) is 11.5 Å². The van der Waals surface area contributed by atoms with Gasteiger partial charge in [0.15, 0.2) is 15.7 Å². The molecule has 0 aliphatic carbocycles. The number of sulfone groups is 1. The maximum absolute atomic E-state index is 17.4. The molecule has 0 spiro atoms. The van der Waals surface area contributed by atoms with Crippen LogP contribution in [0.3, 0.4) is 0 Å². The SMILES string of the molecule is CN(C)C/C=C/C(=O)N1CC(CN(C)c2nc(OCC34CCCN3CC(CN(C)C/C=C/S(=O)(=O)C3CCCN(c5nc(OCC67CCCN6CCC7)nc6c5CCN(c5cccc7cccc(Cl)c57)C6)C3)C4)nc3c(F)c(-c4cccc5ccc(F)c(Cl)c45)ncc23)C1. The number of hydrogen-bond acceptors (Lipinski definition) is 17. The normalized spacial score (nSPS) is 21.8. The van der Waals surface area contributed by atoms with Gasteiger partial charge < -0.3 is 38.9 Å². The van der Waals surface area contributed by atoms with E-state index in [1.807, 2.05) is 61.1 Å². The molecular formula is C71H83Cl2F2N13O5S. The second-order valence-electron chi connectivity index (χ2n) is 27.7. The summed E-state index contributed by atoms with van der Waals surface area (Å²) in [7, 11) is 4.18. The first-order valence-electron chi connectivity index (χ1n) is 33.4. The number of anilines is 3. The zero-order chi connectivity index (χ0) is 65.0. The van der Waals surface area contributed by atoms with Gasteiger partial charge in [0.25, 0.3) is 0 Å². The number of ether oxygens (including phenoxy) is 2. The minimum atomic E-state index is -3.66. The lowest BCUT2D eigenvalue weighted by Gasteiger charge is -2.40. The number of piperidine rings is 1. The van der Waals surface area contributed by atoms with Crippen LogP contribution in [-0.4, -0.2) is 207 Å². The fourth-order valence-corrected chi connectivity index (χ4v) is 18.4. The van der Waals surface area contributed by atoms with E-state index in [0.717, 1.165) is 118 Å². The van der Waals surface area contributed by atoms with E-state index in [-0.39, 0.29) is 57.7 Å². The van der Waals surface area contributed by atoms with Gasteiger partial charge >= 0.3 is 12.0 Å². The molecular weight excluding hydrogens is 1260 g/mol. The molecule has 14 rings (SSSR count). The third kappa shape index (κ3) is 12.8. The average Bonchev–Trinajstić information content (AvgIpc) is 1.01. The Labute approximate surface area is 559 Å². The van der Waals surface area contributed by atoms with Crippen molar-refractivity contribution in [3.63, 3.8) is 0 Å². The van der Waals surface area contributed by atoms with E-state index in [0.29, 0.717) is 117 Å². The number of aromatic nitrogens is 5. The first kappa shape index (κ1) is 64.5. The minimum absolute atomic E-state index is 0.00716. The molecule has 18 nitrogen and oxygen atoms in total. The first-order chi connectivity index (χ1) is 45.4. The Morgan fingerprint density at radius 3 is 2.24 bits per heavy atom. The lowest BCUT2D eigenvalue weighted by atomic mass is 9.90. The number of carbonyl (C=O) groups is 1. The molecule has 3 unspecified atom stereocenters. The quantitative estimate of drug-likeness (QED) is 0.0625. The van der Waals surface area contributed by atoms with E-state index >= 15 is 4.39 Å². The van der Waals surface area contributed by atoms with Crippen LogP contribution in [0.25, 0.3) is 43.7 Å². The molecule has 0 radical (unpaired) electrons. The largest absolute Gasteiger partial charge is 0.461 e. The summed E-state index contributed by atoms with van der Waals surface area (Å²) >= 11 is 13.4. The molecule has 4 aromatic carbocycles. The third-order valence-corrected chi connectivity index (χ3v) is 23.5. The number of benzene rings is 4. The van der Waals surface area contributed by atoms with Crippen LogP contribution in [0.2, 0.25) is 10.0 Å². The summed E-state index contributed by atoms with van der Waals surface area (Å²) in [5, 5.41) is 4.87. The average molecular weight is 1340 g/mol. The maximum Gasteiger partial charge on any atom is 0.319 e. The highest BCUT2D eigenvalue weighted by Gasteiger charge is 2.50. The summed E-state index contributed by atoms with van der Waals surface area (Å²) in [4.78, 5) is 55.2. The standard InChI is InChI=1S/C71H83Cl2F2N13O5S/c1-81(2)28-9-21-59(89)86-40-48(41-86)39-83(4)66-54-37-76-64(53-18-5-14-50-22-23-56(74)62(73)60(50)53)63(75)65(54)78-69(79-66)93-46-71-27-12-33-88(71)42-47(36-71)38-82(3)29-13-35-94(90,91)51-17-8-30-85(43-51)67-52-24-34-84(58-20-7-16-49-15-6-19-55(72)61(49)58)44-57(52)77-68(80-67)92-45-70-25-10-31-87(70)32-11-26-70/h5-7,9,13-16,18-23,35,37,47-48,51H,8,10-12,17,24-34,36,38-46H2,1-4H3/b21-9+,35-13+. The Morgan fingerprint density at radius 1 is 0.734 bits per heavy atom. The maximum atomic E-state index is 17.4. The number of hydrogen-bond donors (Lipinski definition) is 0. The molecule has 3 aromatic heterocycles.